The van der Waals surface area contributed by atoms with Gasteiger partial charge in [-0.2, -0.15) is 5.10 Å². The SMILES string of the molecule is Cn1cc(SC(CN)c2cc(Br)cs2)cn1. The fraction of sp³-hybridized carbons (Fsp3) is 0.300. The molecule has 86 valence electrons. The number of hydrogen-bond acceptors (Lipinski definition) is 4. The molecular weight excluding hydrogens is 306 g/mol. The van der Waals surface area contributed by atoms with Gasteiger partial charge in [0, 0.05) is 39.4 Å². The number of nitrogens with two attached hydrogens (primary N) is 1. The summed E-state index contributed by atoms with van der Waals surface area (Å²) in [4.78, 5) is 2.45. The van der Waals surface area contributed by atoms with Gasteiger partial charge < -0.3 is 5.73 Å². The van der Waals surface area contributed by atoms with Gasteiger partial charge >= 0.3 is 0 Å². The van der Waals surface area contributed by atoms with Crippen molar-refractivity contribution in [3.63, 3.8) is 0 Å². The first kappa shape index (κ1) is 12.2. The second-order valence-electron chi connectivity index (χ2n) is 3.36. The molecule has 1 unspecified atom stereocenters. The number of hydrogen-bond donors (Lipinski definition) is 1. The minimum atomic E-state index is 0.306. The van der Waals surface area contributed by atoms with Crippen LogP contribution in [0.5, 0.6) is 0 Å². The van der Waals surface area contributed by atoms with Crippen molar-refractivity contribution in [3.05, 3.63) is 33.2 Å². The molecule has 0 aliphatic heterocycles. The number of aromatic nitrogens is 2. The van der Waals surface area contributed by atoms with Crippen molar-refractivity contribution in [1.82, 2.24) is 9.78 Å². The smallest absolute Gasteiger partial charge is 0.0626 e. The molecule has 16 heavy (non-hydrogen) atoms. The minimum absolute atomic E-state index is 0.306. The van der Waals surface area contributed by atoms with Gasteiger partial charge in [-0.25, -0.2) is 0 Å². The van der Waals surface area contributed by atoms with E-state index < -0.39 is 0 Å². The summed E-state index contributed by atoms with van der Waals surface area (Å²) in [6.07, 6.45) is 3.88. The lowest BCUT2D eigenvalue weighted by Gasteiger charge is -2.10. The van der Waals surface area contributed by atoms with E-state index in [2.05, 4.69) is 32.5 Å². The maximum atomic E-state index is 5.81. The monoisotopic (exact) mass is 317 g/mol. The molecule has 0 bridgehead atoms. The maximum absolute atomic E-state index is 5.81. The van der Waals surface area contributed by atoms with Crippen molar-refractivity contribution in [2.75, 3.05) is 6.54 Å². The number of thiophene rings is 1. The van der Waals surface area contributed by atoms with Crippen LogP contribution in [0.1, 0.15) is 10.1 Å². The van der Waals surface area contributed by atoms with Gasteiger partial charge in [0.1, 0.15) is 0 Å². The van der Waals surface area contributed by atoms with Crippen molar-refractivity contribution in [3.8, 4) is 0 Å². The first-order valence-electron chi connectivity index (χ1n) is 4.78. The van der Waals surface area contributed by atoms with Crippen molar-refractivity contribution in [2.24, 2.45) is 12.8 Å². The molecule has 2 heterocycles. The molecule has 0 spiro atoms. The first-order chi connectivity index (χ1) is 7.69. The zero-order chi connectivity index (χ0) is 11.5. The molecule has 2 N–H and O–H groups in total. The molecule has 0 saturated heterocycles. The average Bonchev–Trinajstić information content (AvgIpc) is 2.84. The van der Waals surface area contributed by atoms with Crippen LogP contribution in [-0.4, -0.2) is 16.3 Å². The van der Waals surface area contributed by atoms with Crippen LogP contribution in [0.2, 0.25) is 0 Å². The Balaban J connectivity index is 2.12. The molecule has 0 amide bonds. The van der Waals surface area contributed by atoms with Gasteiger partial charge in [0.15, 0.2) is 0 Å². The molecule has 0 aliphatic rings. The molecular formula is C10H12BrN3S2. The van der Waals surface area contributed by atoms with Gasteiger partial charge in [0.25, 0.3) is 0 Å². The fourth-order valence-corrected chi connectivity index (χ4v) is 4.02. The third kappa shape index (κ3) is 2.88. The number of thioether (sulfide) groups is 1. The standard InChI is InChI=1S/C10H12BrN3S2/c1-14-5-8(4-13-14)16-10(3-12)9-2-7(11)6-15-9/h2,4-6,10H,3,12H2,1H3. The van der Waals surface area contributed by atoms with Crippen LogP contribution in [-0.2, 0) is 7.05 Å². The summed E-state index contributed by atoms with van der Waals surface area (Å²) in [5, 5.41) is 6.54. The van der Waals surface area contributed by atoms with Crippen molar-refractivity contribution in [1.29, 1.82) is 0 Å². The van der Waals surface area contributed by atoms with E-state index in [0.717, 1.165) is 9.37 Å². The Hall–Kier alpha value is -0.300. The third-order valence-corrected chi connectivity index (χ3v) is 5.25. The Labute approximate surface area is 111 Å². The normalized spacial score (nSPS) is 12.9. The lowest BCUT2D eigenvalue weighted by molar-refractivity contribution is 0.766. The lowest BCUT2D eigenvalue weighted by Crippen LogP contribution is -2.07. The number of rotatable bonds is 4. The minimum Gasteiger partial charge on any atom is -0.329 e. The van der Waals surface area contributed by atoms with Gasteiger partial charge in [-0.15, -0.1) is 23.1 Å². The van der Waals surface area contributed by atoms with Crippen molar-refractivity contribution in [2.45, 2.75) is 10.1 Å². The highest BCUT2D eigenvalue weighted by Gasteiger charge is 2.14. The Morgan fingerprint density at radius 1 is 1.69 bits per heavy atom. The number of nitrogens with zero attached hydrogens (tertiary/aromatic N) is 2. The van der Waals surface area contributed by atoms with Crippen molar-refractivity contribution >= 4 is 39.0 Å². The van der Waals surface area contributed by atoms with Gasteiger partial charge in [0.2, 0.25) is 0 Å². The number of halogens is 1. The van der Waals surface area contributed by atoms with E-state index in [1.807, 2.05) is 19.4 Å². The molecule has 0 aliphatic carbocycles. The molecule has 0 radical (unpaired) electrons. The largest absolute Gasteiger partial charge is 0.329 e. The number of aryl methyl sites for hydroxylation is 1. The van der Waals surface area contributed by atoms with E-state index in [-0.39, 0.29) is 0 Å². The van der Waals surface area contributed by atoms with Crippen LogP contribution in [0.25, 0.3) is 0 Å². The van der Waals surface area contributed by atoms with Crippen LogP contribution >= 0.6 is 39.0 Å². The van der Waals surface area contributed by atoms with Gasteiger partial charge in [0.05, 0.1) is 11.4 Å². The second-order valence-corrected chi connectivity index (χ2v) is 6.49. The van der Waals surface area contributed by atoms with E-state index in [1.54, 1.807) is 27.8 Å². The zero-order valence-corrected chi connectivity index (χ0v) is 12.0. The summed E-state index contributed by atoms with van der Waals surface area (Å²) in [5.74, 6) is 0. The first-order valence-corrected chi connectivity index (χ1v) is 7.33. The summed E-state index contributed by atoms with van der Waals surface area (Å²) in [7, 11) is 1.92. The molecule has 1 atom stereocenters. The highest BCUT2D eigenvalue weighted by molar-refractivity contribution is 9.10. The molecule has 3 nitrogen and oxygen atoms in total. The van der Waals surface area contributed by atoms with Crippen LogP contribution in [0.4, 0.5) is 0 Å². The van der Waals surface area contributed by atoms with Crippen LogP contribution < -0.4 is 5.73 Å². The second kappa shape index (κ2) is 5.35. The summed E-state index contributed by atoms with van der Waals surface area (Å²) >= 11 is 6.95. The molecule has 2 aromatic heterocycles. The summed E-state index contributed by atoms with van der Waals surface area (Å²) < 4.78 is 2.93. The predicted octanol–water partition coefficient (Wildman–Crippen LogP) is 3.04. The highest BCUT2D eigenvalue weighted by Crippen LogP contribution is 2.38. The highest BCUT2D eigenvalue weighted by atomic mass is 79.9. The van der Waals surface area contributed by atoms with Gasteiger partial charge in [-0.05, 0) is 22.0 Å². The van der Waals surface area contributed by atoms with E-state index in [4.69, 9.17) is 5.73 Å². The molecule has 0 fully saturated rings. The molecule has 2 rings (SSSR count). The van der Waals surface area contributed by atoms with E-state index in [9.17, 15) is 0 Å². The Morgan fingerprint density at radius 2 is 2.50 bits per heavy atom. The fourth-order valence-electron chi connectivity index (χ4n) is 1.34. The topological polar surface area (TPSA) is 43.8 Å². The Kier molecular flexibility index (Phi) is 4.07. The summed E-state index contributed by atoms with van der Waals surface area (Å²) in [5.41, 5.74) is 5.81. The van der Waals surface area contributed by atoms with Gasteiger partial charge in [-0.1, -0.05) is 0 Å². The van der Waals surface area contributed by atoms with Crippen LogP contribution in [0.15, 0.2) is 33.2 Å². The predicted molar refractivity (Wildman–Crippen MR) is 72.9 cm³/mol. The van der Waals surface area contributed by atoms with E-state index in [0.29, 0.717) is 11.8 Å². The van der Waals surface area contributed by atoms with Crippen LogP contribution in [0, 0.1) is 0 Å². The average molecular weight is 318 g/mol. The van der Waals surface area contributed by atoms with E-state index in [1.165, 1.54) is 4.88 Å². The Morgan fingerprint density at radius 3 is 3.00 bits per heavy atom. The summed E-state index contributed by atoms with van der Waals surface area (Å²) in [6, 6.07) is 2.13. The van der Waals surface area contributed by atoms with E-state index >= 15 is 0 Å². The summed E-state index contributed by atoms with van der Waals surface area (Å²) in [6.45, 7) is 0.631. The quantitative estimate of drug-likeness (QED) is 0.881. The molecule has 0 saturated carbocycles. The van der Waals surface area contributed by atoms with Crippen LogP contribution in [0.3, 0.4) is 0 Å². The maximum Gasteiger partial charge on any atom is 0.0626 e. The Bertz CT molecular complexity index is 466. The lowest BCUT2D eigenvalue weighted by atomic mass is 10.3. The third-order valence-electron chi connectivity index (χ3n) is 2.08. The van der Waals surface area contributed by atoms with Crippen molar-refractivity contribution < 1.29 is 0 Å². The molecule has 2 aromatic rings. The van der Waals surface area contributed by atoms with Gasteiger partial charge in [-0.3, -0.25) is 4.68 Å². The zero-order valence-electron chi connectivity index (χ0n) is 8.76. The molecule has 0 aromatic carbocycles. The molecule has 6 heteroatoms.